The first-order chi connectivity index (χ1) is 11.5. The van der Waals surface area contributed by atoms with Crippen molar-refractivity contribution in [3.05, 3.63) is 69.7 Å². The van der Waals surface area contributed by atoms with Crippen molar-refractivity contribution in [3.8, 4) is 0 Å². The maximum Gasteiger partial charge on any atom is 0.226 e. The van der Waals surface area contributed by atoms with Gasteiger partial charge in [-0.2, -0.15) is 0 Å². The highest BCUT2D eigenvalue weighted by molar-refractivity contribution is 6.42. The molecular formula is C19H19Cl2NO2. The molecule has 3 nitrogen and oxygen atoms in total. The molecule has 0 N–H and O–H groups in total. The van der Waals surface area contributed by atoms with Crippen molar-refractivity contribution in [3.63, 3.8) is 0 Å². The molecule has 1 unspecified atom stereocenters. The van der Waals surface area contributed by atoms with Gasteiger partial charge in [0.05, 0.1) is 10.0 Å². The Hall–Kier alpha value is -1.84. The summed E-state index contributed by atoms with van der Waals surface area (Å²) in [7, 11) is 1.75. The molecule has 0 fully saturated rings. The van der Waals surface area contributed by atoms with Gasteiger partial charge in [0.15, 0.2) is 0 Å². The minimum absolute atomic E-state index is 0.0583. The maximum absolute atomic E-state index is 12.7. The number of rotatable bonds is 7. The van der Waals surface area contributed by atoms with E-state index in [4.69, 9.17) is 23.2 Å². The molecule has 0 radical (unpaired) electrons. The molecule has 0 aliphatic heterocycles. The van der Waals surface area contributed by atoms with Gasteiger partial charge in [-0.3, -0.25) is 4.79 Å². The Labute approximate surface area is 152 Å². The summed E-state index contributed by atoms with van der Waals surface area (Å²) >= 11 is 11.9. The van der Waals surface area contributed by atoms with E-state index in [9.17, 15) is 9.59 Å². The van der Waals surface area contributed by atoms with Crippen LogP contribution in [0.4, 0.5) is 0 Å². The highest BCUT2D eigenvalue weighted by Crippen LogP contribution is 2.25. The number of hydrogen-bond acceptors (Lipinski definition) is 2. The largest absolute Gasteiger partial charge is 0.341 e. The third kappa shape index (κ3) is 5.08. The second-order valence-corrected chi connectivity index (χ2v) is 6.55. The zero-order valence-corrected chi connectivity index (χ0v) is 14.9. The lowest BCUT2D eigenvalue weighted by Gasteiger charge is -2.23. The molecule has 2 aromatic rings. The lowest BCUT2D eigenvalue weighted by molar-refractivity contribution is -0.136. The Morgan fingerprint density at radius 1 is 1.08 bits per heavy atom. The van der Waals surface area contributed by atoms with Crippen molar-refractivity contribution in [2.75, 3.05) is 7.05 Å². The summed E-state index contributed by atoms with van der Waals surface area (Å²) in [6.45, 7) is 0.510. The first-order valence-electron chi connectivity index (χ1n) is 7.67. The van der Waals surface area contributed by atoms with Crippen molar-refractivity contribution in [2.24, 2.45) is 5.92 Å². The SMILES string of the molecule is CN(Cc1ccccc1)C(=O)C(CC=O)Cc1ccc(Cl)c(Cl)c1. The number of carbonyl (C=O) groups is 2. The number of aldehydes is 1. The van der Waals surface area contributed by atoms with Crippen molar-refractivity contribution in [1.82, 2.24) is 4.90 Å². The predicted octanol–water partition coefficient (Wildman–Crippen LogP) is 4.40. The zero-order valence-electron chi connectivity index (χ0n) is 13.4. The van der Waals surface area contributed by atoms with Gasteiger partial charge in [-0.25, -0.2) is 0 Å². The van der Waals surface area contributed by atoms with E-state index in [1.54, 1.807) is 24.1 Å². The molecule has 0 bridgehead atoms. The number of carbonyl (C=O) groups excluding carboxylic acids is 2. The summed E-state index contributed by atoms with van der Waals surface area (Å²) in [5.74, 6) is -0.467. The van der Waals surface area contributed by atoms with Crippen molar-refractivity contribution < 1.29 is 9.59 Å². The fraction of sp³-hybridized carbons (Fsp3) is 0.263. The Morgan fingerprint density at radius 2 is 1.79 bits per heavy atom. The molecule has 2 aromatic carbocycles. The molecule has 0 aromatic heterocycles. The molecule has 24 heavy (non-hydrogen) atoms. The van der Waals surface area contributed by atoms with E-state index in [0.717, 1.165) is 17.4 Å². The minimum Gasteiger partial charge on any atom is -0.341 e. The van der Waals surface area contributed by atoms with Crippen LogP contribution in [0.15, 0.2) is 48.5 Å². The van der Waals surface area contributed by atoms with E-state index in [2.05, 4.69) is 0 Å². The van der Waals surface area contributed by atoms with Crippen molar-refractivity contribution in [1.29, 1.82) is 0 Å². The Bertz CT molecular complexity index is 704. The van der Waals surface area contributed by atoms with E-state index < -0.39 is 5.92 Å². The van der Waals surface area contributed by atoms with Gasteiger partial charge in [-0.1, -0.05) is 59.6 Å². The summed E-state index contributed by atoms with van der Waals surface area (Å²) in [5.41, 5.74) is 1.94. The molecule has 2 rings (SSSR count). The molecule has 0 aliphatic carbocycles. The second-order valence-electron chi connectivity index (χ2n) is 5.73. The summed E-state index contributed by atoms with van der Waals surface area (Å²) < 4.78 is 0. The number of halogens is 2. The fourth-order valence-electron chi connectivity index (χ4n) is 2.59. The number of nitrogens with zero attached hydrogens (tertiary/aromatic N) is 1. The van der Waals surface area contributed by atoms with Gasteiger partial charge in [0.2, 0.25) is 5.91 Å². The Balaban J connectivity index is 2.08. The molecule has 126 valence electrons. The Morgan fingerprint density at radius 3 is 2.42 bits per heavy atom. The maximum atomic E-state index is 12.7. The number of benzene rings is 2. The van der Waals surface area contributed by atoms with Gasteiger partial charge < -0.3 is 9.69 Å². The van der Waals surface area contributed by atoms with Crippen LogP contribution in [0.3, 0.4) is 0 Å². The van der Waals surface area contributed by atoms with Crippen LogP contribution in [0, 0.1) is 5.92 Å². The van der Waals surface area contributed by atoms with Crippen LogP contribution in [-0.4, -0.2) is 24.1 Å². The highest BCUT2D eigenvalue weighted by atomic mass is 35.5. The zero-order chi connectivity index (χ0) is 17.5. The van der Waals surface area contributed by atoms with Gasteiger partial charge in [0.25, 0.3) is 0 Å². The van der Waals surface area contributed by atoms with Gasteiger partial charge >= 0.3 is 0 Å². The van der Waals surface area contributed by atoms with Gasteiger partial charge in [0, 0.05) is 25.9 Å². The second kappa shape index (κ2) is 8.86. The lowest BCUT2D eigenvalue weighted by atomic mass is 9.95. The third-order valence-corrected chi connectivity index (χ3v) is 4.57. The number of hydrogen-bond donors (Lipinski definition) is 0. The van der Waals surface area contributed by atoms with E-state index in [1.165, 1.54) is 0 Å². The van der Waals surface area contributed by atoms with Crippen LogP contribution in [0.1, 0.15) is 17.5 Å². The molecule has 0 saturated carbocycles. The van der Waals surface area contributed by atoms with Gasteiger partial charge in [0.1, 0.15) is 6.29 Å². The summed E-state index contributed by atoms with van der Waals surface area (Å²) in [5, 5.41) is 0.920. The van der Waals surface area contributed by atoms with Crippen LogP contribution in [-0.2, 0) is 22.6 Å². The van der Waals surface area contributed by atoms with E-state index in [0.29, 0.717) is 23.0 Å². The predicted molar refractivity (Wildman–Crippen MR) is 97.3 cm³/mol. The van der Waals surface area contributed by atoms with E-state index in [-0.39, 0.29) is 12.3 Å². The van der Waals surface area contributed by atoms with E-state index >= 15 is 0 Å². The topological polar surface area (TPSA) is 37.4 Å². The summed E-state index contributed by atoms with van der Waals surface area (Å²) in [6, 6.07) is 15.0. The molecule has 0 aliphatic rings. The van der Waals surface area contributed by atoms with Crippen LogP contribution < -0.4 is 0 Å². The molecule has 0 saturated heterocycles. The molecule has 5 heteroatoms. The quantitative estimate of drug-likeness (QED) is 0.683. The summed E-state index contributed by atoms with van der Waals surface area (Å²) in [6.07, 6.45) is 1.42. The summed E-state index contributed by atoms with van der Waals surface area (Å²) in [4.78, 5) is 25.3. The average molecular weight is 364 g/mol. The number of amides is 1. The average Bonchev–Trinajstić information content (AvgIpc) is 2.58. The standard InChI is InChI=1S/C19H19Cl2NO2/c1-22(13-14-5-3-2-4-6-14)19(24)16(9-10-23)11-15-7-8-17(20)18(21)12-15/h2-8,10,12,16H,9,11,13H2,1H3. The lowest BCUT2D eigenvalue weighted by Crippen LogP contribution is -2.33. The molecule has 0 heterocycles. The fourth-order valence-corrected chi connectivity index (χ4v) is 2.91. The highest BCUT2D eigenvalue weighted by Gasteiger charge is 2.22. The molecular weight excluding hydrogens is 345 g/mol. The van der Waals surface area contributed by atoms with Crippen molar-refractivity contribution in [2.45, 2.75) is 19.4 Å². The van der Waals surface area contributed by atoms with Crippen LogP contribution >= 0.6 is 23.2 Å². The van der Waals surface area contributed by atoms with Crippen LogP contribution in [0.2, 0.25) is 10.0 Å². The molecule has 1 atom stereocenters. The normalized spacial score (nSPS) is 11.8. The van der Waals surface area contributed by atoms with E-state index in [1.807, 2.05) is 36.4 Å². The van der Waals surface area contributed by atoms with Gasteiger partial charge in [-0.15, -0.1) is 0 Å². The first-order valence-corrected chi connectivity index (χ1v) is 8.43. The van der Waals surface area contributed by atoms with Crippen LogP contribution in [0.25, 0.3) is 0 Å². The minimum atomic E-state index is -0.409. The van der Waals surface area contributed by atoms with Gasteiger partial charge in [-0.05, 0) is 29.7 Å². The smallest absolute Gasteiger partial charge is 0.226 e. The van der Waals surface area contributed by atoms with Crippen LogP contribution in [0.5, 0.6) is 0 Å². The first kappa shape index (κ1) is 18.5. The van der Waals surface area contributed by atoms with Crippen molar-refractivity contribution >= 4 is 35.4 Å². The third-order valence-electron chi connectivity index (χ3n) is 3.83. The molecule has 1 amide bonds. The monoisotopic (exact) mass is 363 g/mol. The Kier molecular flexibility index (Phi) is 6.83. The molecule has 0 spiro atoms.